The third-order valence-corrected chi connectivity index (χ3v) is 7.26. The number of amides is 1. The van der Waals surface area contributed by atoms with Crippen LogP contribution in [0.25, 0.3) is 11.1 Å². The number of carbonyl (C=O) groups is 2. The zero-order chi connectivity index (χ0) is 32.0. The van der Waals surface area contributed by atoms with Crippen molar-refractivity contribution in [3.63, 3.8) is 0 Å². The first-order valence-electron chi connectivity index (χ1n) is 13.7. The lowest BCUT2D eigenvalue weighted by atomic mass is 9.99. The number of nitrogens with one attached hydrogen (secondary N) is 1. The first-order valence-corrected chi connectivity index (χ1v) is 14.5. The molecule has 0 radical (unpaired) electrons. The van der Waals surface area contributed by atoms with E-state index in [9.17, 15) is 27.9 Å². The Kier molecular flexibility index (Phi) is 9.53. The number of halogens is 4. The molecule has 0 aliphatic rings. The molecule has 0 bridgehead atoms. The summed E-state index contributed by atoms with van der Waals surface area (Å²) in [5, 5.41) is 12.5. The number of aliphatic carboxylic acids is 1. The highest BCUT2D eigenvalue weighted by Gasteiger charge is 2.30. The summed E-state index contributed by atoms with van der Waals surface area (Å²) in [5.41, 5.74) is 1.54. The highest BCUT2D eigenvalue weighted by atomic mass is 79.9. The molecule has 0 spiro atoms. The second kappa shape index (κ2) is 13.7. The fraction of sp³-hybridized carbons (Fsp3) is 0.0857. The zero-order valence-electron chi connectivity index (χ0n) is 23.4. The van der Waals surface area contributed by atoms with Crippen LogP contribution in [0, 0.1) is 0 Å². The van der Waals surface area contributed by atoms with Gasteiger partial charge in [0.15, 0.2) is 0 Å². The average Bonchev–Trinajstić information content (AvgIpc) is 3.02. The molecular formula is C35H25BrF3NO5. The Morgan fingerprint density at radius 2 is 1.38 bits per heavy atom. The minimum absolute atomic E-state index is 0.000828. The average molecular weight is 676 g/mol. The maximum atomic E-state index is 13.3. The molecule has 0 saturated carbocycles. The van der Waals surface area contributed by atoms with Crippen LogP contribution < -0.4 is 14.8 Å². The molecule has 228 valence electrons. The second-order valence-electron chi connectivity index (χ2n) is 9.94. The van der Waals surface area contributed by atoms with Crippen molar-refractivity contribution in [1.82, 2.24) is 5.32 Å². The Morgan fingerprint density at radius 3 is 2.04 bits per heavy atom. The van der Waals surface area contributed by atoms with Crippen LogP contribution in [-0.4, -0.2) is 23.0 Å². The molecule has 10 heteroatoms. The van der Waals surface area contributed by atoms with Gasteiger partial charge in [0.25, 0.3) is 5.91 Å². The molecule has 5 aromatic rings. The Balaban J connectivity index is 1.30. The minimum Gasteiger partial charge on any atom is -0.480 e. The maximum Gasteiger partial charge on any atom is 0.416 e. The van der Waals surface area contributed by atoms with E-state index in [1.807, 2.05) is 66.7 Å². The molecule has 5 aromatic carbocycles. The number of carboxylic acid groups (broad SMARTS) is 1. The molecule has 0 heterocycles. The molecule has 45 heavy (non-hydrogen) atoms. The summed E-state index contributed by atoms with van der Waals surface area (Å²) in [5.74, 6) is -0.496. The molecular weight excluding hydrogens is 651 g/mol. The van der Waals surface area contributed by atoms with Crippen LogP contribution in [0.4, 0.5) is 13.2 Å². The molecule has 0 aliphatic carbocycles. The smallest absolute Gasteiger partial charge is 0.416 e. The maximum absolute atomic E-state index is 13.3. The van der Waals surface area contributed by atoms with E-state index in [2.05, 4.69) is 21.2 Å². The highest BCUT2D eigenvalue weighted by Crippen LogP contribution is 2.34. The first-order chi connectivity index (χ1) is 21.6. The van der Waals surface area contributed by atoms with Crippen LogP contribution in [-0.2, 0) is 17.4 Å². The number of hydrogen-bond acceptors (Lipinski definition) is 4. The van der Waals surface area contributed by atoms with Gasteiger partial charge in [0.2, 0.25) is 0 Å². The van der Waals surface area contributed by atoms with Gasteiger partial charge >= 0.3 is 12.1 Å². The van der Waals surface area contributed by atoms with Crippen molar-refractivity contribution in [2.24, 2.45) is 0 Å². The Bertz CT molecular complexity index is 1790. The van der Waals surface area contributed by atoms with E-state index in [-0.39, 0.29) is 23.5 Å². The summed E-state index contributed by atoms with van der Waals surface area (Å²) in [6.45, 7) is 0. The van der Waals surface area contributed by atoms with Crippen molar-refractivity contribution < 1.29 is 37.3 Å². The molecule has 0 fully saturated rings. The molecule has 6 nitrogen and oxygen atoms in total. The van der Waals surface area contributed by atoms with Crippen molar-refractivity contribution in [1.29, 1.82) is 0 Å². The van der Waals surface area contributed by atoms with E-state index in [0.29, 0.717) is 21.5 Å². The Labute approximate surface area is 265 Å². The normalized spacial score (nSPS) is 11.8. The molecule has 0 unspecified atom stereocenters. The van der Waals surface area contributed by atoms with Crippen LogP contribution in [0.5, 0.6) is 23.0 Å². The Hall–Kier alpha value is -5.09. The number of benzene rings is 5. The van der Waals surface area contributed by atoms with Crippen LogP contribution in [0.2, 0.25) is 0 Å². The summed E-state index contributed by atoms with van der Waals surface area (Å²) >= 11 is 3.29. The number of carboxylic acids is 1. The number of para-hydroxylation sites is 2. The van der Waals surface area contributed by atoms with Gasteiger partial charge in [0.1, 0.15) is 29.0 Å². The van der Waals surface area contributed by atoms with E-state index < -0.39 is 29.7 Å². The second-order valence-corrected chi connectivity index (χ2v) is 10.9. The van der Waals surface area contributed by atoms with Crippen molar-refractivity contribution in [2.75, 3.05) is 0 Å². The number of ether oxygens (including phenoxy) is 2. The van der Waals surface area contributed by atoms with Crippen molar-refractivity contribution in [3.05, 3.63) is 142 Å². The summed E-state index contributed by atoms with van der Waals surface area (Å²) < 4.78 is 51.1. The fourth-order valence-corrected chi connectivity index (χ4v) is 4.87. The SMILES string of the molecule is O=C(N[C@@H](Cc1ccc(-c2ccccc2Oc2ccccc2)cc1)C(=O)O)c1cc(Br)ccc1Oc1ccc(C(F)(F)F)cc1. The molecule has 5 rings (SSSR count). The first kappa shape index (κ1) is 31.3. The van der Waals surface area contributed by atoms with Gasteiger partial charge in [0, 0.05) is 16.5 Å². The number of rotatable bonds is 10. The largest absolute Gasteiger partial charge is 0.480 e. The van der Waals surface area contributed by atoms with Gasteiger partial charge in [-0.15, -0.1) is 0 Å². The molecule has 0 saturated heterocycles. The van der Waals surface area contributed by atoms with Crippen molar-refractivity contribution >= 4 is 27.8 Å². The monoisotopic (exact) mass is 675 g/mol. The van der Waals surface area contributed by atoms with Gasteiger partial charge in [-0.1, -0.05) is 76.6 Å². The van der Waals surface area contributed by atoms with Gasteiger partial charge in [-0.05, 0) is 71.8 Å². The Morgan fingerprint density at radius 1 is 0.756 bits per heavy atom. The standard InChI is InChI=1S/C35H25BrF3NO5/c36-25-16-19-32(45-27-17-14-24(15-18-27)35(37,38)39)29(21-25)33(41)40-30(34(42)43)20-22-10-12-23(13-11-22)28-8-4-5-9-31(28)44-26-6-2-1-3-7-26/h1-19,21,30H,20H2,(H,40,41)(H,42,43)/t30-/m0/s1. The van der Waals surface area contributed by atoms with Crippen LogP contribution in [0.15, 0.2) is 126 Å². The van der Waals surface area contributed by atoms with E-state index in [1.54, 1.807) is 18.2 Å². The van der Waals surface area contributed by atoms with Crippen LogP contribution in [0.1, 0.15) is 21.5 Å². The quantitative estimate of drug-likeness (QED) is 0.154. The lowest BCUT2D eigenvalue weighted by Crippen LogP contribution is -2.42. The summed E-state index contributed by atoms with van der Waals surface area (Å²) in [6.07, 6.45) is -4.51. The molecule has 1 amide bonds. The topological polar surface area (TPSA) is 84.9 Å². The molecule has 1 atom stereocenters. The van der Waals surface area contributed by atoms with Gasteiger partial charge in [-0.25, -0.2) is 4.79 Å². The van der Waals surface area contributed by atoms with Crippen LogP contribution in [0.3, 0.4) is 0 Å². The van der Waals surface area contributed by atoms with E-state index in [4.69, 9.17) is 9.47 Å². The van der Waals surface area contributed by atoms with Crippen molar-refractivity contribution in [3.8, 4) is 34.1 Å². The molecule has 2 N–H and O–H groups in total. The van der Waals surface area contributed by atoms with Gasteiger partial charge in [0.05, 0.1) is 11.1 Å². The van der Waals surface area contributed by atoms with E-state index >= 15 is 0 Å². The molecule has 0 aliphatic heterocycles. The summed E-state index contributed by atoms with van der Waals surface area (Å²) in [4.78, 5) is 25.5. The highest BCUT2D eigenvalue weighted by molar-refractivity contribution is 9.10. The number of alkyl halides is 3. The lowest BCUT2D eigenvalue weighted by molar-refractivity contribution is -0.139. The van der Waals surface area contributed by atoms with Gasteiger partial charge in [-0.3, -0.25) is 4.79 Å². The number of carbonyl (C=O) groups excluding carboxylic acids is 1. The van der Waals surface area contributed by atoms with Crippen molar-refractivity contribution in [2.45, 2.75) is 18.6 Å². The van der Waals surface area contributed by atoms with E-state index in [1.165, 1.54) is 12.1 Å². The van der Waals surface area contributed by atoms with Gasteiger partial charge in [-0.2, -0.15) is 13.2 Å². The minimum atomic E-state index is -4.51. The number of hydrogen-bond donors (Lipinski definition) is 2. The zero-order valence-corrected chi connectivity index (χ0v) is 25.0. The predicted octanol–water partition coefficient (Wildman–Crippen LogP) is 9.15. The lowest BCUT2D eigenvalue weighted by Gasteiger charge is -2.17. The molecule has 0 aromatic heterocycles. The van der Waals surface area contributed by atoms with Crippen LogP contribution >= 0.6 is 15.9 Å². The third kappa shape index (κ3) is 8.10. The third-order valence-electron chi connectivity index (χ3n) is 6.76. The van der Waals surface area contributed by atoms with Gasteiger partial charge < -0.3 is 19.9 Å². The van der Waals surface area contributed by atoms with E-state index in [0.717, 1.165) is 35.4 Å². The summed E-state index contributed by atoms with van der Waals surface area (Å²) in [6, 6.07) is 31.5. The predicted molar refractivity (Wildman–Crippen MR) is 167 cm³/mol. The summed E-state index contributed by atoms with van der Waals surface area (Å²) in [7, 11) is 0. The fourth-order valence-electron chi connectivity index (χ4n) is 4.51.